The lowest BCUT2D eigenvalue weighted by Crippen LogP contribution is -2.34. The van der Waals surface area contributed by atoms with Gasteiger partial charge in [-0.2, -0.15) is 4.98 Å². The van der Waals surface area contributed by atoms with Crippen molar-refractivity contribution >= 4 is 28.8 Å². The Hall–Kier alpha value is -7.14. The molecule has 0 spiro atoms. The monoisotopic (exact) mass is 774 g/mol. The molecule has 0 N–H and O–H groups in total. The van der Waals surface area contributed by atoms with Crippen molar-refractivity contribution in [3.8, 4) is 28.6 Å². The predicted molar refractivity (Wildman–Crippen MR) is 221 cm³/mol. The molecule has 0 aliphatic heterocycles. The van der Waals surface area contributed by atoms with Gasteiger partial charge in [-0.25, -0.2) is 9.59 Å². The molecule has 11 heteroatoms. The first kappa shape index (κ1) is 37.8. The zero-order valence-corrected chi connectivity index (χ0v) is 32.2. The highest BCUT2D eigenvalue weighted by Gasteiger charge is 2.45. The van der Waals surface area contributed by atoms with Crippen molar-refractivity contribution in [3.05, 3.63) is 173 Å². The average Bonchev–Trinajstić information content (AvgIpc) is 4.01. The normalized spacial score (nSPS) is 14.4. The van der Waals surface area contributed by atoms with Gasteiger partial charge >= 0.3 is 17.8 Å². The summed E-state index contributed by atoms with van der Waals surface area (Å²) in [5, 5.41) is 0. The number of hydrogen-bond donors (Lipinski definition) is 0. The number of carbonyl (C=O) groups is 2. The van der Waals surface area contributed by atoms with Crippen molar-refractivity contribution in [2.75, 3.05) is 18.6 Å². The van der Waals surface area contributed by atoms with Crippen LogP contribution in [0.5, 0.6) is 11.8 Å². The number of imidazole rings is 1. The maximum Gasteiger partial charge on any atom is 0.414 e. The summed E-state index contributed by atoms with van der Waals surface area (Å²) in [7, 11) is 3.12. The molecule has 1 aliphatic carbocycles. The van der Waals surface area contributed by atoms with E-state index in [0.717, 1.165) is 27.8 Å². The van der Waals surface area contributed by atoms with E-state index in [9.17, 15) is 14.4 Å². The molecule has 1 amide bonds. The quantitative estimate of drug-likeness (QED) is 0.101. The second-order valence-electron chi connectivity index (χ2n) is 14.2. The number of anilines is 1. The molecule has 1 saturated carbocycles. The van der Waals surface area contributed by atoms with E-state index in [0.29, 0.717) is 47.9 Å². The van der Waals surface area contributed by atoms with Gasteiger partial charge in [0.15, 0.2) is 0 Å². The number of hydrogen-bond acceptors (Lipinski definition) is 8. The molecule has 2 atom stereocenters. The van der Waals surface area contributed by atoms with Crippen LogP contribution in [-0.4, -0.2) is 39.8 Å². The molecule has 1 fully saturated rings. The van der Waals surface area contributed by atoms with Gasteiger partial charge < -0.3 is 18.9 Å². The molecule has 11 nitrogen and oxygen atoms in total. The van der Waals surface area contributed by atoms with Crippen LogP contribution < -0.4 is 20.1 Å². The molecule has 0 saturated heterocycles. The second kappa shape index (κ2) is 16.9. The van der Waals surface area contributed by atoms with E-state index in [1.165, 1.54) is 7.11 Å². The fraction of sp³-hybridized carbons (Fsp3) is 0.191. The van der Waals surface area contributed by atoms with E-state index < -0.39 is 6.09 Å². The van der Waals surface area contributed by atoms with Gasteiger partial charge in [0.05, 0.1) is 24.1 Å². The minimum Gasteiger partial charge on any atom is -0.473 e. The highest BCUT2D eigenvalue weighted by molar-refractivity contribution is 5.89. The van der Waals surface area contributed by atoms with Crippen LogP contribution >= 0.6 is 0 Å². The van der Waals surface area contributed by atoms with Gasteiger partial charge in [0.25, 0.3) is 0 Å². The number of esters is 1. The summed E-state index contributed by atoms with van der Waals surface area (Å²) in [4.78, 5) is 46.0. The van der Waals surface area contributed by atoms with E-state index in [2.05, 4.69) is 0 Å². The molecule has 5 aromatic carbocycles. The van der Waals surface area contributed by atoms with Crippen LogP contribution in [0.15, 0.2) is 150 Å². The molecule has 7 aromatic rings. The fourth-order valence-electron chi connectivity index (χ4n) is 7.02. The molecule has 8 rings (SSSR count). The molecule has 58 heavy (non-hydrogen) atoms. The topological polar surface area (TPSA) is 114 Å². The Bertz CT molecular complexity index is 2590. The fourth-order valence-corrected chi connectivity index (χ4v) is 7.02. The molecular weight excluding hydrogens is 733 g/mol. The molecular formula is C47H42N4O7. The zero-order valence-electron chi connectivity index (χ0n) is 32.2. The predicted octanol–water partition coefficient (Wildman–Crippen LogP) is 8.50. The van der Waals surface area contributed by atoms with Crippen molar-refractivity contribution in [2.45, 2.75) is 26.2 Å². The summed E-state index contributed by atoms with van der Waals surface area (Å²) >= 11 is 0. The Labute approximate surface area is 335 Å². The minimum atomic E-state index is -0.498. The first-order valence-electron chi connectivity index (χ1n) is 19.1. The van der Waals surface area contributed by atoms with Crippen LogP contribution in [0.3, 0.4) is 0 Å². The third-order valence-corrected chi connectivity index (χ3v) is 10.3. The van der Waals surface area contributed by atoms with Gasteiger partial charge in [0.2, 0.25) is 11.8 Å². The molecule has 2 aromatic heterocycles. The summed E-state index contributed by atoms with van der Waals surface area (Å²) in [5.74, 6) is 0.0977. The molecule has 0 bridgehead atoms. The number of pyridine rings is 1. The molecule has 1 aliphatic rings. The van der Waals surface area contributed by atoms with Crippen LogP contribution in [0.25, 0.3) is 27.8 Å². The third-order valence-electron chi connectivity index (χ3n) is 10.3. The number of ether oxygens (including phenoxy) is 4. The van der Waals surface area contributed by atoms with Crippen LogP contribution in [-0.2, 0) is 41.1 Å². The van der Waals surface area contributed by atoms with Crippen LogP contribution in [0.4, 0.5) is 10.5 Å². The molecule has 2 unspecified atom stereocenters. The number of amides is 1. The van der Waals surface area contributed by atoms with Crippen molar-refractivity contribution in [1.82, 2.24) is 14.1 Å². The van der Waals surface area contributed by atoms with E-state index in [4.69, 9.17) is 23.9 Å². The van der Waals surface area contributed by atoms with Gasteiger partial charge in [0, 0.05) is 25.3 Å². The maximum atomic E-state index is 14.0. The van der Waals surface area contributed by atoms with E-state index in [-0.39, 0.29) is 42.6 Å². The Balaban J connectivity index is 1.07. The lowest BCUT2D eigenvalue weighted by atomic mass is 10.0. The zero-order chi connectivity index (χ0) is 40.0. The van der Waals surface area contributed by atoms with Crippen molar-refractivity contribution in [3.63, 3.8) is 0 Å². The first-order valence-corrected chi connectivity index (χ1v) is 19.1. The van der Waals surface area contributed by atoms with E-state index >= 15 is 0 Å². The number of aromatic nitrogens is 3. The van der Waals surface area contributed by atoms with Crippen LogP contribution in [0, 0.1) is 11.8 Å². The van der Waals surface area contributed by atoms with Gasteiger partial charge in [-0.1, -0.05) is 109 Å². The minimum absolute atomic E-state index is 0.0263. The number of methoxy groups -OCH3 is 1. The summed E-state index contributed by atoms with van der Waals surface area (Å²) in [6, 6.07) is 46.1. The first-order chi connectivity index (χ1) is 28.4. The third kappa shape index (κ3) is 8.34. The van der Waals surface area contributed by atoms with Crippen molar-refractivity contribution in [1.29, 1.82) is 0 Å². The SMILES string of the molecule is COC(=O)C1CC1CN(C(=O)OCc1ccccc1)c1ccc(-c2ccc3c(c2)n(C)c(=O)n3-c2ccc(OCc3ccccc3)nc2OCc2ccccc2)cc1. The van der Waals surface area contributed by atoms with Crippen LogP contribution in [0.1, 0.15) is 23.1 Å². The number of aryl methyl sites for hydroxylation is 1. The molecule has 2 heterocycles. The molecule has 0 radical (unpaired) electrons. The summed E-state index contributed by atoms with van der Waals surface area (Å²) in [6.45, 7) is 1.02. The Morgan fingerprint density at radius 1 is 0.707 bits per heavy atom. The summed E-state index contributed by atoms with van der Waals surface area (Å²) in [6.07, 6.45) is 0.149. The Morgan fingerprint density at radius 3 is 1.95 bits per heavy atom. The number of rotatable bonds is 14. The smallest absolute Gasteiger partial charge is 0.414 e. The summed E-state index contributed by atoms with van der Waals surface area (Å²) < 4.78 is 26.2. The highest BCUT2D eigenvalue weighted by atomic mass is 16.6. The number of carbonyl (C=O) groups excluding carboxylic acids is 2. The highest BCUT2D eigenvalue weighted by Crippen LogP contribution is 2.41. The van der Waals surface area contributed by atoms with Gasteiger partial charge in [-0.15, -0.1) is 0 Å². The maximum absolute atomic E-state index is 14.0. The van der Waals surface area contributed by atoms with Gasteiger partial charge in [-0.05, 0) is 70.5 Å². The van der Waals surface area contributed by atoms with Gasteiger partial charge in [-0.3, -0.25) is 18.8 Å². The Morgan fingerprint density at radius 2 is 1.31 bits per heavy atom. The lowest BCUT2D eigenvalue weighted by Gasteiger charge is -2.23. The van der Waals surface area contributed by atoms with Gasteiger partial charge in [0.1, 0.15) is 25.5 Å². The average molecular weight is 775 g/mol. The van der Waals surface area contributed by atoms with E-state index in [1.54, 1.807) is 33.2 Å². The molecule has 292 valence electrons. The number of benzene rings is 5. The largest absolute Gasteiger partial charge is 0.473 e. The van der Waals surface area contributed by atoms with Crippen molar-refractivity contribution in [2.24, 2.45) is 18.9 Å². The number of fused-ring (bicyclic) bond motifs is 1. The lowest BCUT2D eigenvalue weighted by molar-refractivity contribution is -0.142. The Kier molecular flexibility index (Phi) is 11.0. The standard InChI is InChI=1S/C47H42N4O7/c1-49-42-27-36(35-18-21-38(22-19-35)50(28-37-26-39(37)45(52)55-2)47(54)58-31-34-16-10-5-11-17-34)20-23-40(42)51(46(49)53)41-24-25-43(56-29-32-12-6-3-7-13-32)48-44(41)57-30-33-14-8-4-9-15-33/h3-25,27,37,39H,26,28-31H2,1-2H3. The van der Waals surface area contributed by atoms with Crippen molar-refractivity contribution < 1.29 is 28.5 Å². The number of nitrogens with zero attached hydrogens (tertiary/aromatic N) is 4. The second-order valence-corrected chi connectivity index (χ2v) is 14.2. The van der Waals surface area contributed by atoms with E-state index in [1.807, 2.05) is 133 Å². The summed E-state index contributed by atoms with van der Waals surface area (Å²) in [5.41, 5.74) is 6.84. The van der Waals surface area contributed by atoms with Crippen LogP contribution in [0.2, 0.25) is 0 Å².